The topological polar surface area (TPSA) is 95.4 Å². The summed E-state index contributed by atoms with van der Waals surface area (Å²) in [5.74, 6) is 0.352. The summed E-state index contributed by atoms with van der Waals surface area (Å²) in [5, 5.41) is 0. The minimum atomic E-state index is -2.99. The first-order valence-corrected chi connectivity index (χ1v) is 12.0. The van der Waals surface area contributed by atoms with Crippen molar-refractivity contribution in [1.82, 2.24) is 0 Å². The Bertz CT molecular complexity index is 843. The summed E-state index contributed by atoms with van der Waals surface area (Å²) in [5.41, 5.74) is 9.90. The molecule has 0 bridgehead atoms. The zero-order chi connectivity index (χ0) is 23.3. The lowest BCUT2D eigenvalue weighted by molar-refractivity contribution is -0.172. The number of esters is 1. The van der Waals surface area contributed by atoms with Gasteiger partial charge in [0.1, 0.15) is 6.10 Å². The van der Waals surface area contributed by atoms with Crippen LogP contribution in [0, 0.1) is 28.6 Å². The molecule has 3 saturated carbocycles. The predicted octanol–water partition coefficient (Wildman–Crippen LogP) is 3.91. The molecule has 0 heterocycles. The molecule has 7 atom stereocenters. The molecule has 0 aromatic rings. The summed E-state index contributed by atoms with van der Waals surface area (Å²) in [7, 11) is 0. The molecule has 4 aliphatic rings. The Hall–Kier alpha value is -1.60. The maximum atomic E-state index is 13.7. The second kappa shape index (κ2) is 8.32. The number of fused-ring (bicyclic) bond motifs is 5. The SMILES string of the molecule is CC12C=CC(=O)C=C1CCC1C2CCC2(C)C(OC(=O)C(N)(CCCN)C(F)F)CCC12. The Morgan fingerprint density at radius 3 is 2.69 bits per heavy atom. The molecule has 0 aliphatic heterocycles. The van der Waals surface area contributed by atoms with E-state index in [2.05, 4.69) is 19.9 Å². The van der Waals surface area contributed by atoms with Crippen molar-refractivity contribution in [3.05, 3.63) is 23.8 Å². The van der Waals surface area contributed by atoms with Crippen molar-refractivity contribution in [3.63, 3.8) is 0 Å². The van der Waals surface area contributed by atoms with E-state index in [1.54, 1.807) is 6.08 Å². The number of carbonyl (C=O) groups is 2. The highest BCUT2D eigenvalue weighted by Gasteiger charge is 2.60. The lowest BCUT2D eigenvalue weighted by Gasteiger charge is -2.56. The molecule has 4 rings (SSSR count). The molecule has 0 aromatic heterocycles. The van der Waals surface area contributed by atoms with Gasteiger partial charge in [0.25, 0.3) is 6.43 Å². The van der Waals surface area contributed by atoms with Crippen LogP contribution in [-0.2, 0) is 14.3 Å². The van der Waals surface area contributed by atoms with Crippen molar-refractivity contribution in [2.45, 2.75) is 83.3 Å². The van der Waals surface area contributed by atoms with Crippen LogP contribution in [0.4, 0.5) is 8.78 Å². The maximum Gasteiger partial charge on any atom is 0.332 e. The molecule has 0 spiro atoms. The molecule has 32 heavy (non-hydrogen) atoms. The van der Waals surface area contributed by atoms with Crippen molar-refractivity contribution in [2.24, 2.45) is 40.1 Å². The van der Waals surface area contributed by atoms with Gasteiger partial charge in [0.2, 0.25) is 0 Å². The van der Waals surface area contributed by atoms with E-state index in [0.29, 0.717) is 24.2 Å². The zero-order valence-electron chi connectivity index (χ0n) is 19.1. The molecule has 7 unspecified atom stereocenters. The summed E-state index contributed by atoms with van der Waals surface area (Å²) >= 11 is 0. The molecule has 5 nitrogen and oxygen atoms in total. The van der Waals surface area contributed by atoms with Crippen LogP contribution >= 0.6 is 0 Å². The average Bonchev–Trinajstić information content (AvgIpc) is 3.08. The molecular formula is C25H36F2N2O3. The van der Waals surface area contributed by atoms with E-state index in [0.717, 1.165) is 32.1 Å². The molecule has 0 saturated heterocycles. The highest BCUT2D eigenvalue weighted by atomic mass is 19.3. The third-order valence-electron chi connectivity index (χ3n) is 9.28. The fourth-order valence-electron chi connectivity index (χ4n) is 7.28. The molecule has 4 aliphatic carbocycles. The van der Waals surface area contributed by atoms with Gasteiger partial charge in [0.15, 0.2) is 11.3 Å². The predicted molar refractivity (Wildman–Crippen MR) is 118 cm³/mol. The zero-order valence-corrected chi connectivity index (χ0v) is 19.1. The number of carbonyl (C=O) groups excluding carboxylic acids is 2. The first-order chi connectivity index (χ1) is 15.1. The van der Waals surface area contributed by atoms with Crippen LogP contribution < -0.4 is 11.5 Å². The van der Waals surface area contributed by atoms with Gasteiger partial charge in [-0.2, -0.15) is 0 Å². The van der Waals surface area contributed by atoms with Gasteiger partial charge < -0.3 is 16.2 Å². The number of hydrogen-bond acceptors (Lipinski definition) is 5. The van der Waals surface area contributed by atoms with Crippen molar-refractivity contribution in [3.8, 4) is 0 Å². The lowest BCUT2D eigenvalue weighted by Crippen LogP contribution is -2.57. The molecule has 4 N–H and O–H groups in total. The number of allylic oxidation sites excluding steroid dienone is 4. The highest BCUT2D eigenvalue weighted by Crippen LogP contribution is 2.65. The van der Waals surface area contributed by atoms with Crippen LogP contribution in [-0.4, -0.2) is 36.4 Å². The first kappa shape index (κ1) is 23.6. The Morgan fingerprint density at radius 2 is 2.00 bits per heavy atom. The average molecular weight is 451 g/mol. The molecule has 3 fully saturated rings. The van der Waals surface area contributed by atoms with Crippen LogP contribution in [0.1, 0.15) is 65.2 Å². The van der Waals surface area contributed by atoms with E-state index in [-0.39, 0.29) is 36.0 Å². The Labute approximate surface area is 189 Å². The first-order valence-electron chi connectivity index (χ1n) is 12.0. The van der Waals surface area contributed by atoms with Crippen molar-refractivity contribution >= 4 is 11.8 Å². The summed E-state index contributed by atoms with van der Waals surface area (Å²) in [4.78, 5) is 24.7. The molecule has 0 aromatic carbocycles. The van der Waals surface area contributed by atoms with Gasteiger partial charge in [0, 0.05) is 10.8 Å². The Morgan fingerprint density at radius 1 is 1.25 bits per heavy atom. The second-order valence-corrected chi connectivity index (χ2v) is 10.9. The van der Waals surface area contributed by atoms with Gasteiger partial charge in [-0.3, -0.25) is 4.79 Å². The van der Waals surface area contributed by atoms with E-state index >= 15 is 0 Å². The number of hydrogen-bond donors (Lipinski definition) is 2. The van der Waals surface area contributed by atoms with E-state index in [4.69, 9.17) is 16.2 Å². The van der Waals surface area contributed by atoms with Crippen LogP contribution in [0.2, 0.25) is 0 Å². The van der Waals surface area contributed by atoms with Gasteiger partial charge >= 0.3 is 5.97 Å². The largest absolute Gasteiger partial charge is 0.460 e. The Balaban J connectivity index is 1.52. The normalized spacial score (nSPS) is 40.2. The second-order valence-electron chi connectivity index (χ2n) is 10.9. The summed E-state index contributed by atoms with van der Waals surface area (Å²) in [6, 6.07) is 0. The Kier molecular flexibility index (Phi) is 6.12. The molecule has 0 radical (unpaired) electrons. The van der Waals surface area contributed by atoms with Gasteiger partial charge in [-0.25, -0.2) is 13.6 Å². The number of rotatable bonds is 6. The minimum absolute atomic E-state index is 0.0725. The summed E-state index contributed by atoms with van der Waals surface area (Å²) in [6.45, 7) is 4.60. The van der Waals surface area contributed by atoms with E-state index in [1.807, 2.05) is 6.08 Å². The minimum Gasteiger partial charge on any atom is -0.460 e. The van der Waals surface area contributed by atoms with Gasteiger partial charge in [-0.15, -0.1) is 0 Å². The van der Waals surface area contributed by atoms with Crippen molar-refractivity contribution in [2.75, 3.05) is 6.54 Å². The van der Waals surface area contributed by atoms with Crippen molar-refractivity contribution < 1.29 is 23.1 Å². The number of ketones is 1. The smallest absolute Gasteiger partial charge is 0.332 e. The third kappa shape index (κ3) is 3.56. The lowest BCUT2D eigenvalue weighted by atomic mass is 9.48. The third-order valence-corrected chi connectivity index (χ3v) is 9.28. The fraction of sp³-hybridized carbons (Fsp3) is 0.760. The van der Waals surface area contributed by atoms with Gasteiger partial charge in [-0.05, 0) is 87.8 Å². The summed E-state index contributed by atoms with van der Waals surface area (Å²) < 4.78 is 33.2. The fourth-order valence-corrected chi connectivity index (χ4v) is 7.28. The highest BCUT2D eigenvalue weighted by molar-refractivity contribution is 6.01. The maximum absolute atomic E-state index is 13.7. The number of ether oxygens (including phenoxy) is 1. The van der Waals surface area contributed by atoms with Gasteiger partial charge in [-0.1, -0.05) is 25.5 Å². The number of nitrogens with two attached hydrogens (primary N) is 2. The molecule has 7 heteroatoms. The molecular weight excluding hydrogens is 414 g/mol. The molecule has 0 amide bonds. The number of alkyl halides is 2. The van der Waals surface area contributed by atoms with Crippen LogP contribution in [0.15, 0.2) is 23.8 Å². The van der Waals surface area contributed by atoms with E-state index in [9.17, 15) is 18.4 Å². The van der Waals surface area contributed by atoms with Crippen LogP contribution in [0.3, 0.4) is 0 Å². The van der Waals surface area contributed by atoms with E-state index < -0.39 is 24.0 Å². The quantitative estimate of drug-likeness (QED) is 0.598. The molecule has 178 valence electrons. The van der Waals surface area contributed by atoms with Crippen LogP contribution in [0.5, 0.6) is 0 Å². The van der Waals surface area contributed by atoms with Crippen molar-refractivity contribution in [1.29, 1.82) is 0 Å². The van der Waals surface area contributed by atoms with Crippen LogP contribution in [0.25, 0.3) is 0 Å². The number of halogens is 2. The monoisotopic (exact) mass is 450 g/mol. The van der Waals surface area contributed by atoms with E-state index in [1.165, 1.54) is 5.57 Å². The standard InChI is InChI=1S/C25H36F2N2O3/c1-23-11-8-16(30)14-15(23)4-5-17-18-6-7-20(24(18,2)12-9-19(17)23)32-22(31)25(29,21(26)27)10-3-13-28/h8,11,14,17-21H,3-7,9-10,12-13,28-29H2,1-2H3. The summed E-state index contributed by atoms with van der Waals surface area (Å²) in [6.07, 6.45) is 7.64. The van der Waals surface area contributed by atoms with Gasteiger partial charge in [0.05, 0.1) is 0 Å².